The fourth-order valence-corrected chi connectivity index (χ4v) is 4.74. The highest BCUT2D eigenvalue weighted by Crippen LogP contribution is 2.36. The molecule has 1 N–H and O–H groups in total. The number of carboxylic acids is 1. The van der Waals surface area contributed by atoms with Gasteiger partial charge in [0.25, 0.3) is 5.91 Å². The van der Waals surface area contributed by atoms with E-state index in [-0.39, 0.29) is 18.1 Å². The summed E-state index contributed by atoms with van der Waals surface area (Å²) in [6.45, 7) is 4.97. The van der Waals surface area contributed by atoms with E-state index < -0.39 is 12.1 Å². The van der Waals surface area contributed by atoms with Crippen molar-refractivity contribution < 1.29 is 42.1 Å². The van der Waals surface area contributed by atoms with E-state index in [9.17, 15) is 18.0 Å². The highest BCUT2D eigenvalue weighted by Gasteiger charge is 2.43. The number of hydrogen-bond acceptors (Lipinski definition) is 6. The van der Waals surface area contributed by atoms with Gasteiger partial charge >= 0.3 is 12.1 Å². The number of amides is 1. The van der Waals surface area contributed by atoms with Crippen molar-refractivity contribution in [3.63, 3.8) is 0 Å². The van der Waals surface area contributed by atoms with E-state index in [4.69, 9.17) is 24.1 Å². The molecular weight excluding hydrogens is 445 g/mol. The van der Waals surface area contributed by atoms with E-state index in [2.05, 4.69) is 17.0 Å². The number of carboxylic acid groups (broad SMARTS) is 1. The molecule has 5 rings (SSSR count). The fourth-order valence-electron chi connectivity index (χ4n) is 4.74. The summed E-state index contributed by atoms with van der Waals surface area (Å²) in [6, 6.07) is 6.17. The summed E-state index contributed by atoms with van der Waals surface area (Å²) in [5.74, 6) is -0.341. The summed E-state index contributed by atoms with van der Waals surface area (Å²) in [6.07, 6.45) is -0.831. The second kappa shape index (κ2) is 9.76. The van der Waals surface area contributed by atoms with Gasteiger partial charge in [-0.15, -0.1) is 0 Å². The topological polar surface area (TPSA) is 88.5 Å². The van der Waals surface area contributed by atoms with Crippen LogP contribution in [-0.2, 0) is 20.9 Å². The number of fused-ring (bicyclic) bond motifs is 2. The predicted octanol–water partition coefficient (Wildman–Crippen LogP) is 2.65. The van der Waals surface area contributed by atoms with Gasteiger partial charge in [0.2, 0.25) is 6.79 Å². The highest BCUT2D eigenvalue weighted by molar-refractivity contribution is 5.81. The number of likely N-dealkylation sites (tertiary alicyclic amines) is 2. The van der Waals surface area contributed by atoms with Crippen molar-refractivity contribution in [2.75, 3.05) is 33.0 Å². The zero-order chi connectivity index (χ0) is 23.6. The van der Waals surface area contributed by atoms with Gasteiger partial charge in [0.05, 0.1) is 6.10 Å². The third kappa shape index (κ3) is 5.70. The first-order chi connectivity index (χ1) is 15.7. The summed E-state index contributed by atoms with van der Waals surface area (Å²) in [7, 11) is 0. The molecule has 4 heterocycles. The van der Waals surface area contributed by atoms with E-state index in [1.54, 1.807) is 0 Å². The van der Waals surface area contributed by atoms with Gasteiger partial charge < -0.3 is 24.2 Å². The smallest absolute Gasteiger partial charge is 0.475 e. The summed E-state index contributed by atoms with van der Waals surface area (Å²) in [4.78, 5) is 26.0. The number of rotatable bonds is 3. The van der Waals surface area contributed by atoms with E-state index >= 15 is 0 Å². The molecule has 4 aliphatic rings. The minimum atomic E-state index is -5.08. The molecular formula is C22H27F3N2O6. The van der Waals surface area contributed by atoms with Crippen LogP contribution >= 0.6 is 0 Å². The van der Waals surface area contributed by atoms with Crippen LogP contribution in [0.2, 0.25) is 0 Å². The maximum atomic E-state index is 12.6. The summed E-state index contributed by atoms with van der Waals surface area (Å²) < 4.78 is 48.8. The van der Waals surface area contributed by atoms with Crippen LogP contribution in [0.5, 0.6) is 11.5 Å². The molecule has 0 bridgehead atoms. The van der Waals surface area contributed by atoms with Crippen molar-refractivity contribution in [3.05, 3.63) is 23.8 Å². The number of nitrogens with zero attached hydrogens (tertiary/aromatic N) is 2. The minimum absolute atomic E-state index is 0.189. The van der Waals surface area contributed by atoms with Crippen LogP contribution in [0.1, 0.15) is 31.2 Å². The Labute approximate surface area is 189 Å². The molecule has 182 valence electrons. The number of hydrogen-bond donors (Lipinski definition) is 1. The standard InChI is InChI=1S/C20H26N2O4.C2HF3O2/c23-20(22-6-1-2-7-22)18-10-15-5-8-21(12-19(15)26-18)11-14-3-4-16-17(9-14)25-13-24-16;3-2(4,5)1(6)7/h3-4,9,15,18-19H,1-2,5-8,10-13H2;(H,6,7)/t15-,18+,19-;/m0./s1. The number of aliphatic carboxylic acids is 1. The number of alkyl halides is 3. The number of carbonyl (C=O) groups is 2. The Kier molecular flexibility index (Phi) is 6.99. The molecule has 3 atom stereocenters. The molecule has 4 aliphatic heterocycles. The molecule has 0 aliphatic carbocycles. The number of piperidine rings is 1. The van der Waals surface area contributed by atoms with E-state index in [1.807, 2.05) is 11.0 Å². The molecule has 0 saturated carbocycles. The Morgan fingerprint density at radius 3 is 2.48 bits per heavy atom. The second-order valence-corrected chi connectivity index (χ2v) is 8.71. The highest BCUT2D eigenvalue weighted by atomic mass is 19.4. The number of ether oxygens (including phenoxy) is 3. The maximum Gasteiger partial charge on any atom is 0.490 e. The largest absolute Gasteiger partial charge is 0.490 e. The lowest BCUT2D eigenvalue weighted by molar-refractivity contribution is -0.192. The molecule has 1 aromatic carbocycles. The predicted molar refractivity (Wildman–Crippen MR) is 109 cm³/mol. The average Bonchev–Trinajstić information content (AvgIpc) is 3.52. The molecule has 1 aromatic rings. The SMILES string of the molecule is O=C(O)C(F)(F)F.O=C([C@H]1C[C@@H]2CCN(Cc3ccc4c(c3)OCO4)C[C@@H]2O1)N1CCCC1. The van der Waals surface area contributed by atoms with E-state index in [1.165, 1.54) is 5.56 Å². The summed E-state index contributed by atoms with van der Waals surface area (Å²) in [5.41, 5.74) is 1.23. The van der Waals surface area contributed by atoms with Gasteiger partial charge in [0.1, 0.15) is 6.10 Å². The quantitative estimate of drug-likeness (QED) is 0.724. The van der Waals surface area contributed by atoms with Crippen molar-refractivity contribution >= 4 is 11.9 Å². The lowest BCUT2D eigenvalue weighted by Gasteiger charge is -2.34. The minimum Gasteiger partial charge on any atom is -0.475 e. The van der Waals surface area contributed by atoms with Gasteiger partial charge in [-0.3, -0.25) is 9.69 Å². The van der Waals surface area contributed by atoms with E-state index in [0.717, 1.165) is 69.9 Å². The summed E-state index contributed by atoms with van der Waals surface area (Å²) >= 11 is 0. The van der Waals surface area contributed by atoms with Gasteiger partial charge in [-0.2, -0.15) is 13.2 Å². The van der Waals surface area contributed by atoms with Gasteiger partial charge in [0, 0.05) is 26.2 Å². The van der Waals surface area contributed by atoms with Gasteiger partial charge in [-0.1, -0.05) is 6.07 Å². The molecule has 0 unspecified atom stereocenters. The first-order valence-corrected chi connectivity index (χ1v) is 11.1. The van der Waals surface area contributed by atoms with Crippen LogP contribution in [0.3, 0.4) is 0 Å². The van der Waals surface area contributed by atoms with Gasteiger partial charge in [-0.25, -0.2) is 4.79 Å². The third-order valence-electron chi connectivity index (χ3n) is 6.41. The first kappa shape index (κ1) is 23.6. The molecule has 3 saturated heterocycles. The van der Waals surface area contributed by atoms with Crippen LogP contribution in [0.15, 0.2) is 18.2 Å². The lowest BCUT2D eigenvalue weighted by Crippen LogP contribution is -2.42. The molecule has 11 heteroatoms. The Morgan fingerprint density at radius 1 is 1.09 bits per heavy atom. The molecule has 33 heavy (non-hydrogen) atoms. The zero-order valence-electron chi connectivity index (χ0n) is 18.1. The number of carbonyl (C=O) groups excluding carboxylic acids is 1. The van der Waals surface area contributed by atoms with E-state index in [0.29, 0.717) is 12.7 Å². The lowest BCUT2D eigenvalue weighted by atomic mass is 9.91. The Bertz CT molecular complexity index is 874. The van der Waals surface area contributed by atoms with Crippen LogP contribution in [0.4, 0.5) is 13.2 Å². The second-order valence-electron chi connectivity index (χ2n) is 8.71. The van der Waals surface area contributed by atoms with Gasteiger partial charge in [-0.05, 0) is 55.8 Å². The summed E-state index contributed by atoms with van der Waals surface area (Å²) in [5, 5.41) is 7.12. The maximum absolute atomic E-state index is 12.6. The Balaban J connectivity index is 0.000000325. The molecule has 0 radical (unpaired) electrons. The van der Waals surface area contributed by atoms with Crippen LogP contribution in [-0.4, -0.2) is 78.1 Å². The van der Waals surface area contributed by atoms with Crippen molar-refractivity contribution in [3.8, 4) is 11.5 Å². The monoisotopic (exact) mass is 472 g/mol. The van der Waals surface area contributed by atoms with Crippen LogP contribution in [0, 0.1) is 5.92 Å². The first-order valence-electron chi connectivity index (χ1n) is 11.1. The molecule has 8 nitrogen and oxygen atoms in total. The van der Waals surface area contributed by atoms with Crippen molar-refractivity contribution in [2.24, 2.45) is 5.92 Å². The van der Waals surface area contributed by atoms with Crippen molar-refractivity contribution in [2.45, 2.75) is 50.6 Å². The molecule has 0 aromatic heterocycles. The van der Waals surface area contributed by atoms with Crippen LogP contribution < -0.4 is 9.47 Å². The Morgan fingerprint density at radius 2 is 1.79 bits per heavy atom. The third-order valence-corrected chi connectivity index (χ3v) is 6.41. The Hall–Kier alpha value is -2.53. The number of benzene rings is 1. The number of halogens is 3. The van der Waals surface area contributed by atoms with Crippen molar-refractivity contribution in [1.82, 2.24) is 9.80 Å². The molecule has 3 fully saturated rings. The fraction of sp³-hybridized carbons (Fsp3) is 0.636. The normalized spacial score (nSPS) is 26.5. The van der Waals surface area contributed by atoms with Crippen molar-refractivity contribution in [1.29, 1.82) is 0 Å². The zero-order valence-corrected chi connectivity index (χ0v) is 18.1. The molecule has 0 spiro atoms. The van der Waals surface area contributed by atoms with Crippen LogP contribution in [0.25, 0.3) is 0 Å². The van der Waals surface area contributed by atoms with Gasteiger partial charge in [0.15, 0.2) is 11.5 Å². The molecule has 1 amide bonds. The average molecular weight is 472 g/mol.